The molecule has 0 aliphatic carbocycles. The molecule has 130 valence electrons. The van der Waals surface area contributed by atoms with Gasteiger partial charge in [0.15, 0.2) is 0 Å². The van der Waals surface area contributed by atoms with Gasteiger partial charge in [-0.05, 0) is 18.2 Å². The molecule has 1 N–H and O–H groups in total. The average molecular weight is 352 g/mol. The zero-order chi connectivity index (χ0) is 17.0. The zero-order valence-corrected chi connectivity index (χ0v) is 14.3. The number of ether oxygens (including phenoxy) is 1. The first-order valence-corrected chi connectivity index (χ1v) is 9.26. The first-order chi connectivity index (χ1) is 11.6. The summed E-state index contributed by atoms with van der Waals surface area (Å²) in [6.07, 6.45) is 0.681. The number of aromatic nitrogens is 2. The van der Waals surface area contributed by atoms with Crippen LogP contribution in [0.4, 0.5) is 5.69 Å². The number of morpholine rings is 1. The molecule has 3 rings (SSSR count). The van der Waals surface area contributed by atoms with Crippen molar-refractivity contribution in [2.75, 3.05) is 31.6 Å². The molecule has 0 amide bonds. The highest BCUT2D eigenvalue weighted by Crippen LogP contribution is 2.21. The van der Waals surface area contributed by atoms with Gasteiger partial charge in [0.2, 0.25) is 21.8 Å². The van der Waals surface area contributed by atoms with Crippen molar-refractivity contribution in [2.24, 2.45) is 0 Å². The summed E-state index contributed by atoms with van der Waals surface area (Å²) in [7, 11) is -3.51. The first-order valence-electron chi connectivity index (χ1n) is 7.82. The summed E-state index contributed by atoms with van der Waals surface area (Å²) in [5.74, 6) is 1.05. The summed E-state index contributed by atoms with van der Waals surface area (Å²) in [4.78, 5) is 0.258. The minimum atomic E-state index is -3.51. The van der Waals surface area contributed by atoms with Crippen LogP contribution in [-0.2, 0) is 27.7 Å². The molecule has 1 aromatic heterocycles. The summed E-state index contributed by atoms with van der Waals surface area (Å²) in [5, 5.41) is 10.9. The molecular formula is C15H20N4O4S. The molecule has 2 aromatic rings. The molecule has 1 aliphatic rings. The SMILES string of the molecule is CCc1nnc(CNc2cccc(S(=O)(=O)N3CCOCC3)c2)o1. The topological polar surface area (TPSA) is 97.6 Å². The summed E-state index contributed by atoms with van der Waals surface area (Å²) in [5.41, 5.74) is 0.681. The summed E-state index contributed by atoms with van der Waals surface area (Å²) in [6.45, 7) is 3.88. The van der Waals surface area contributed by atoms with E-state index in [2.05, 4.69) is 15.5 Å². The van der Waals surface area contributed by atoms with Crippen LogP contribution in [0.15, 0.2) is 33.6 Å². The van der Waals surface area contributed by atoms with Crippen molar-refractivity contribution >= 4 is 15.7 Å². The highest BCUT2D eigenvalue weighted by atomic mass is 32.2. The minimum absolute atomic E-state index is 0.258. The Morgan fingerprint density at radius 2 is 1.96 bits per heavy atom. The summed E-state index contributed by atoms with van der Waals surface area (Å²) in [6, 6.07) is 6.72. The number of benzene rings is 1. The van der Waals surface area contributed by atoms with E-state index in [4.69, 9.17) is 9.15 Å². The van der Waals surface area contributed by atoms with Gasteiger partial charge >= 0.3 is 0 Å². The molecule has 0 spiro atoms. The Hall–Kier alpha value is -1.97. The molecular weight excluding hydrogens is 332 g/mol. The van der Waals surface area contributed by atoms with Crippen molar-refractivity contribution in [1.82, 2.24) is 14.5 Å². The van der Waals surface area contributed by atoms with Crippen molar-refractivity contribution < 1.29 is 17.6 Å². The molecule has 24 heavy (non-hydrogen) atoms. The van der Waals surface area contributed by atoms with Gasteiger partial charge in [-0.2, -0.15) is 4.31 Å². The van der Waals surface area contributed by atoms with Crippen LogP contribution in [-0.4, -0.2) is 49.2 Å². The first kappa shape index (κ1) is 16.9. The lowest BCUT2D eigenvalue weighted by Gasteiger charge is -2.26. The number of hydrogen-bond donors (Lipinski definition) is 1. The Balaban J connectivity index is 1.71. The Labute approximate surface area is 140 Å². The number of nitrogens with zero attached hydrogens (tertiary/aromatic N) is 3. The molecule has 9 heteroatoms. The van der Waals surface area contributed by atoms with Crippen LogP contribution in [0, 0.1) is 0 Å². The monoisotopic (exact) mass is 352 g/mol. The number of nitrogens with one attached hydrogen (secondary N) is 1. The average Bonchev–Trinajstić information content (AvgIpc) is 3.09. The Morgan fingerprint density at radius 1 is 1.21 bits per heavy atom. The van der Waals surface area contributed by atoms with E-state index in [1.807, 2.05) is 6.92 Å². The summed E-state index contributed by atoms with van der Waals surface area (Å²) >= 11 is 0. The minimum Gasteiger partial charge on any atom is -0.423 e. The number of sulfonamides is 1. The standard InChI is InChI=1S/C15H20N4O4S/c1-2-14-17-18-15(23-14)11-16-12-4-3-5-13(10-12)24(20,21)19-6-8-22-9-7-19/h3-5,10,16H,2,6-9,11H2,1H3. The van der Waals surface area contributed by atoms with Gasteiger partial charge in [0.05, 0.1) is 24.7 Å². The normalized spacial score (nSPS) is 16.2. The summed E-state index contributed by atoms with van der Waals surface area (Å²) < 4.78 is 37.4. The van der Waals surface area contributed by atoms with E-state index in [1.54, 1.807) is 24.3 Å². The Bertz CT molecular complexity index is 784. The molecule has 1 fully saturated rings. The van der Waals surface area contributed by atoms with E-state index in [0.29, 0.717) is 56.7 Å². The molecule has 0 bridgehead atoms. The highest BCUT2D eigenvalue weighted by molar-refractivity contribution is 7.89. The van der Waals surface area contributed by atoms with Gasteiger partial charge in [0.25, 0.3) is 0 Å². The van der Waals surface area contributed by atoms with Crippen LogP contribution in [0.25, 0.3) is 0 Å². The van der Waals surface area contributed by atoms with E-state index in [1.165, 1.54) is 4.31 Å². The second-order valence-corrected chi connectivity index (χ2v) is 7.28. The van der Waals surface area contributed by atoms with Gasteiger partial charge < -0.3 is 14.5 Å². The van der Waals surface area contributed by atoms with Gasteiger partial charge in [-0.1, -0.05) is 13.0 Å². The Morgan fingerprint density at radius 3 is 2.67 bits per heavy atom. The number of anilines is 1. The van der Waals surface area contributed by atoms with Crippen LogP contribution >= 0.6 is 0 Å². The number of rotatable bonds is 6. The quantitative estimate of drug-likeness (QED) is 0.836. The molecule has 0 saturated carbocycles. The number of hydrogen-bond acceptors (Lipinski definition) is 7. The fourth-order valence-electron chi connectivity index (χ4n) is 2.38. The van der Waals surface area contributed by atoms with Crippen molar-refractivity contribution in [2.45, 2.75) is 24.8 Å². The second kappa shape index (κ2) is 7.29. The predicted molar refractivity (Wildman–Crippen MR) is 87.0 cm³/mol. The van der Waals surface area contributed by atoms with Gasteiger partial charge in [-0.25, -0.2) is 8.42 Å². The van der Waals surface area contributed by atoms with E-state index < -0.39 is 10.0 Å². The second-order valence-electron chi connectivity index (χ2n) is 5.34. The highest BCUT2D eigenvalue weighted by Gasteiger charge is 2.26. The predicted octanol–water partition coefficient (Wildman–Crippen LogP) is 1.26. The van der Waals surface area contributed by atoms with Crippen LogP contribution in [0.2, 0.25) is 0 Å². The third-order valence-electron chi connectivity index (χ3n) is 3.70. The number of aryl methyl sites for hydroxylation is 1. The lowest BCUT2D eigenvalue weighted by molar-refractivity contribution is 0.0730. The van der Waals surface area contributed by atoms with Gasteiger partial charge in [0, 0.05) is 25.2 Å². The van der Waals surface area contributed by atoms with E-state index in [9.17, 15) is 8.42 Å². The lowest BCUT2D eigenvalue weighted by atomic mass is 10.3. The largest absolute Gasteiger partial charge is 0.423 e. The van der Waals surface area contributed by atoms with Crippen molar-refractivity contribution in [1.29, 1.82) is 0 Å². The maximum absolute atomic E-state index is 12.7. The van der Waals surface area contributed by atoms with E-state index in [-0.39, 0.29) is 4.90 Å². The molecule has 1 aromatic carbocycles. The molecule has 0 unspecified atom stereocenters. The smallest absolute Gasteiger partial charge is 0.243 e. The van der Waals surface area contributed by atoms with Gasteiger partial charge in [-0.15, -0.1) is 10.2 Å². The van der Waals surface area contributed by atoms with Crippen LogP contribution < -0.4 is 5.32 Å². The fourth-order valence-corrected chi connectivity index (χ4v) is 3.84. The third-order valence-corrected chi connectivity index (χ3v) is 5.59. The fraction of sp³-hybridized carbons (Fsp3) is 0.467. The van der Waals surface area contributed by atoms with Gasteiger partial charge in [0.1, 0.15) is 0 Å². The molecule has 1 saturated heterocycles. The van der Waals surface area contributed by atoms with Crippen LogP contribution in [0.3, 0.4) is 0 Å². The lowest BCUT2D eigenvalue weighted by Crippen LogP contribution is -2.40. The van der Waals surface area contributed by atoms with Crippen molar-refractivity contribution in [3.8, 4) is 0 Å². The molecule has 8 nitrogen and oxygen atoms in total. The molecule has 0 atom stereocenters. The van der Waals surface area contributed by atoms with E-state index in [0.717, 1.165) is 0 Å². The van der Waals surface area contributed by atoms with E-state index >= 15 is 0 Å². The maximum atomic E-state index is 12.7. The van der Waals surface area contributed by atoms with Crippen molar-refractivity contribution in [3.63, 3.8) is 0 Å². The van der Waals surface area contributed by atoms with Crippen LogP contribution in [0.5, 0.6) is 0 Å². The van der Waals surface area contributed by atoms with Gasteiger partial charge in [-0.3, -0.25) is 0 Å². The molecule has 0 radical (unpaired) electrons. The van der Waals surface area contributed by atoms with Crippen LogP contribution in [0.1, 0.15) is 18.7 Å². The van der Waals surface area contributed by atoms with Crippen molar-refractivity contribution in [3.05, 3.63) is 36.0 Å². The zero-order valence-electron chi connectivity index (χ0n) is 13.4. The maximum Gasteiger partial charge on any atom is 0.243 e. The molecule has 2 heterocycles. The third kappa shape index (κ3) is 3.74. The Kier molecular flexibility index (Phi) is 5.12. The molecule has 1 aliphatic heterocycles.